The van der Waals surface area contributed by atoms with Gasteiger partial charge in [-0.2, -0.15) is 0 Å². The van der Waals surface area contributed by atoms with Crippen LogP contribution < -0.4 is 30.6 Å². The molecule has 0 unspecified atom stereocenters. The molecule has 13 rings (SSSR count). The first-order chi connectivity index (χ1) is 29.8. The Morgan fingerprint density at radius 1 is 0.283 bits per heavy atom. The van der Waals surface area contributed by atoms with Gasteiger partial charge in [0.1, 0.15) is 0 Å². The molecular weight excluding hydrogens is 729 g/mol. The summed E-state index contributed by atoms with van der Waals surface area (Å²) < 4.78 is 8.15. The molecule has 276 valence electrons. The van der Waals surface area contributed by atoms with Crippen molar-refractivity contribution in [3.8, 4) is 66.8 Å². The number of fused-ring (bicyclic) bond motifs is 21. The summed E-state index contributed by atoms with van der Waals surface area (Å²) in [5.74, 6) is 0. The lowest BCUT2D eigenvalue weighted by molar-refractivity contribution is 1.27. The lowest BCUT2D eigenvalue weighted by Gasteiger charge is -2.61. The molecular formula is C51H33B3N6. The molecule has 0 bridgehead atoms. The molecule has 4 aliphatic heterocycles. The Hall–Kier alpha value is -7.64. The molecule has 1 saturated heterocycles. The standard InChI is InChI=1S/C51H33B3N6/c1-4-16-49-43(13-1)40-22-19-34(37-10-7-25-55-31-37)28-46(40)52-58(49)53-47-29-35(38-11-8-26-56-32-38)20-23-41(47)44-14-3-6-18-51(44)60(53)54-48-30-36(39-12-9-27-57-33-39)21-24-42(48)45-15-2-5-17-50(45)59(52)54/h1-33H. The number of para-hydroxylation sites is 3. The van der Waals surface area contributed by atoms with E-state index in [1.165, 1.54) is 66.8 Å². The Labute approximate surface area is 349 Å². The third kappa shape index (κ3) is 4.77. The molecule has 0 spiro atoms. The minimum atomic E-state index is -0.186. The maximum atomic E-state index is 4.54. The second kappa shape index (κ2) is 12.9. The van der Waals surface area contributed by atoms with Gasteiger partial charge in [-0.25, -0.2) is 0 Å². The maximum Gasteiger partial charge on any atom is 0.389 e. The van der Waals surface area contributed by atoms with E-state index < -0.39 is 0 Å². The average molecular weight is 762 g/mol. The highest BCUT2D eigenvalue weighted by molar-refractivity contribution is 7.16. The molecule has 3 aromatic heterocycles. The van der Waals surface area contributed by atoms with Crippen LogP contribution >= 0.6 is 0 Å². The summed E-state index contributed by atoms with van der Waals surface area (Å²) in [5, 5.41) is 0. The number of nitrogens with zero attached hydrogens (tertiary/aromatic N) is 6. The van der Waals surface area contributed by atoms with Crippen LogP contribution in [0, 0.1) is 0 Å². The minimum Gasteiger partial charge on any atom is -0.416 e. The van der Waals surface area contributed by atoms with E-state index in [-0.39, 0.29) is 20.9 Å². The van der Waals surface area contributed by atoms with Crippen LogP contribution in [0.3, 0.4) is 0 Å². The number of aromatic nitrogens is 3. The quantitative estimate of drug-likeness (QED) is 0.168. The van der Waals surface area contributed by atoms with Crippen molar-refractivity contribution in [3.05, 3.63) is 201 Å². The number of hydrogen-bond acceptors (Lipinski definition) is 6. The van der Waals surface area contributed by atoms with Crippen molar-refractivity contribution in [2.24, 2.45) is 0 Å². The van der Waals surface area contributed by atoms with Crippen LogP contribution in [0.2, 0.25) is 0 Å². The summed E-state index contributed by atoms with van der Waals surface area (Å²) in [5.41, 5.74) is 21.6. The lowest BCUT2D eigenvalue weighted by Crippen LogP contribution is -2.88. The van der Waals surface area contributed by atoms with E-state index in [0.717, 1.165) is 33.4 Å². The van der Waals surface area contributed by atoms with E-state index >= 15 is 0 Å². The highest BCUT2D eigenvalue weighted by atomic mass is 15.3. The van der Waals surface area contributed by atoms with Crippen molar-refractivity contribution in [1.29, 1.82) is 0 Å². The van der Waals surface area contributed by atoms with Crippen LogP contribution in [0.15, 0.2) is 201 Å². The molecule has 0 atom stereocenters. The summed E-state index contributed by atoms with van der Waals surface area (Å²) in [4.78, 5) is 13.6. The highest BCUT2D eigenvalue weighted by Gasteiger charge is 2.61. The topological polar surface area (TPSA) is 48.4 Å². The SMILES string of the molecule is c1cncc(-c2ccc3c(c2)B2N(B4c5cc(-c6cccnc6)ccc5-c5ccccc5N4B4c5cc(-c6cccnc6)ccc5-c5ccccc5N24)c2ccccc2-3)c1. The van der Waals surface area contributed by atoms with Crippen LogP contribution in [0.25, 0.3) is 66.8 Å². The molecule has 6 aromatic carbocycles. The van der Waals surface area contributed by atoms with Gasteiger partial charge in [0, 0.05) is 70.9 Å². The smallest absolute Gasteiger partial charge is 0.389 e. The minimum absolute atomic E-state index is 0.186. The Bertz CT molecular complexity index is 2810. The van der Waals surface area contributed by atoms with Crippen LogP contribution in [0.4, 0.5) is 17.1 Å². The van der Waals surface area contributed by atoms with Gasteiger partial charge in [0.05, 0.1) is 0 Å². The van der Waals surface area contributed by atoms with E-state index in [1.54, 1.807) is 0 Å². The fraction of sp³-hybridized carbons (Fsp3) is 0. The summed E-state index contributed by atoms with van der Waals surface area (Å²) in [6, 6.07) is 60.7. The van der Waals surface area contributed by atoms with Crippen LogP contribution in [0.1, 0.15) is 0 Å². The number of pyridine rings is 3. The average Bonchev–Trinajstić information content (AvgIpc) is 3.34. The normalized spacial score (nSPS) is 13.8. The number of benzene rings is 6. The summed E-state index contributed by atoms with van der Waals surface area (Å²) >= 11 is 0. The Morgan fingerprint density at radius 3 is 0.900 bits per heavy atom. The largest absolute Gasteiger partial charge is 0.416 e. The molecule has 9 heteroatoms. The first-order valence-electron chi connectivity index (χ1n) is 20.6. The predicted molar refractivity (Wildman–Crippen MR) is 249 cm³/mol. The third-order valence-corrected chi connectivity index (χ3v) is 13.0. The van der Waals surface area contributed by atoms with Crippen molar-refractivity contribution in [2.75, 3.05) is 14.2 Å². The van der Waals surface area contributed by atoms with E-state index in [4.69, 9.17) is 0 Å². The van der Waals surface area contributed by atoms with Crippen molar-refractivity contribution < 1.29 is 0 Å². The number of hydrogen-bond donors (Lipinski definition) is 0. The Balaban J connectivity index is 1.16. The van der Waals surface area contributed by atoms with E-state index in [0.29, 0.717) is 0 Å². The molecule has 9 aromatic rings. The molecule has 0 amide bonds. The third-order valence-electron chi connectivity index (χ3n) is 13.0. The lowest BCUT2D eigenvalue weighted by atomic mass is 9.33. The van der Waals surface area contributed by atoms with Gasteiger partial charge in [-0.3, -0.25) is 15.0 Å². The second-order valence-electron chi connectivity index (χ2n) is 16.0. The van der Waals surface area contributed by atoms with Gasteiger partial charge in [0.25, 0.3) is 0 Å². The summed E-state index contributed by atoms with van der Waals surface area (Å²) in [7, 11) is 0. The van der Waals surface area contributed by atoms with Crippen molar-refractivity contribution >= 4 is 54.4 Å². The molecule has 0 N–H and O–H groups in total. The molecule has 0 radical (unpaired) electrons. The van der Waals surface area contributed by atoms with Gasteiger partial charge in [0.15, 0.2) is 0 Å². The van der Waals surface area contributed by atoms with Gasteiger partial charge in [0.2, 0.25) is 0 Å². The maximum absolute atomic E-state index is 4.54. The molecule has 6 nitrogen and oxygen atoms in total. The van der Waals surface area contributed by atoms with Crippen molar-refractivity contribution in [2.45, 2.75) is 0 Å². The Morgan fingerprint density at radius 2 is 0.600 bits per heavy atom. The first kappa shape index (κ1) is 33.3. The van der Waals surface area contributed by atoms with Gasteiger partial charge < -0.3 is 14.2 Å². The predicted octanol–water partition coefficient (Wildman–Crippen LogP) is 8.83. The van der Waals surface area contributed by atoms with Crippen molar-refractivity contribution in [3.63, 3.8) is 0 Å². The first-order valence-corrected chi connectivity index (χ1v) is 20.6. The van der Waals surface area contributed by atoms with Crippen molar-refractivity contribution in [1.82, 2.24) is 15.0 Å². The fourth-order valence-electron chi connectivity index (χ4n) is 10.5. The van der Waals surface area contributed by atoms with Crippen LogP contribution in [-0.2, 0) is 0 Å². The zero-order valence-corrected chi connectivity index (χ0v) is 32.5. The summed E-state index contributed by atoms with van der Waals surface area (Å²) in [6.07, 6.45) is 11.5. The van der Waals surface area contributed by atoms with E-state index in [1.807, 2.05) is 55.4 Å². The second-order valence-corrected chi connectivity index (χ2v) is 16.0. The van der Waals surface area contributed by atoms with E-state index in [9.17, 15) is 0 Å². The zero-order chi connectivity index (χ0) is 39.3. The van der Waals surface area contributed by atoms with Crippen LogP contribution in [0.5, 0.6) is 0 Å². The molecule has 1 fully saturated rings. The van der Waals surface area contributed by atoms with E-state index in [2.05, 4.69) is 175 Å². The Kier molecular flexibility index (Phi) is 7.19. The molecule has 4 aliphatic rings. The summed E-state index contributed by atoms with van der Waals surface area (Å²) in [6.45, 7) is -0.558. The number of rotatable bonds is 3. The van der Waals surface area contributed by atoms with Gasteiger partial charge in [-0.05, 0) is 103 Å². The number of anilines is 3. The molecule has 0 saturated carbocycles. The fourth-order valence-corrected chi connectivity index (χ4v) is 10.5. The zero-order valence-electron chi connectivity index (χ0n) is 32.5. The van der Waals surface area contributed by atoms with Gasteiger partial charge in [-0.15, -0.1) is 0 Å². The van der Waals surface area contributed by atoms with Crippen LogP contribution in [-0.4, -0.2) is 35.9 Å². The molecule has 0 aliphatic carbocycles. The van der Waals surface area contributed by atoms with Gasteiger partial charge >= 0.3 is 20.9 Å². The monoisotopic (exact) mass is 762 g/mol. The highest BCUT2D eigenvalue weighted by Crippen LogP contribution is 2.49. The molecule has 7 heterocycles. The molecule has 60 heavy (non-hydrogen) atoms. The van der Waals surface area contributed by atoms with Gasteiger partial charge in [-0.1, -0.05) is 127 Å².